The van der Waals surface area contributed by atoms with Crippen LogP contribution in [0.4, 0.5) is 5.82 Å². The minimum Gasteiger partial charge on any atom is -0.370 e. The second-order valence-electron chi connectivity index (χ2n) is 6.20. The molecule has 1 aliphatic carbocycles. The van der Waals surface area contributed by atoms with E-state index in [1.807, 2.05) is 0 Å². The Balaban J connectivity index is 1.65. The van der Waals surface area contributed by atoms with Crippen molar-refractivity contribution in [3.8, 4) is 0 Å². The molecule has 1 saturated carbocycles. The van der Waals surface area contributed by atoms with Crippen LogP contribution >= 0.6 is 0 Å². The second-order valence-corrected chi connectivity index (χ2v) is 6.20. The maximum atomic E-state index is 4.29. The third-order valence-corrected chi connectivity index (χ3v) is 4.42. The average molecular weight is 290 g/mol. The Morgan fingerprint density at radius 2 is 2.05 bits per heavy atom. The van der Waals surface area contributed by atoms with Crippen molar-refractivity contribution in [1.82, 2.24) is 14.9 Å². The van der Waals surface area contributed by atoms with Gasteiger partial charge in [-0.2, -0.15) is 0 Å². The lowest BCUT2D eigenvalue weighted by Gasteiger charge is -2.31. The summed E-state index contributed by atoms with van der Waals surface area (Å²) in [5.74, 6) is 0.966. The highest BCUT2D eigenvalue weighted by Crippen LogP contribution is 2.21. The zero-order chi connectivity index (χ0) is 14.9. The van der Waals surface area contributed by atoms with E-state index >= 15 is 0 Å². The van der Waals surface area contributed by atoms with Crippen molar-refractivity contribution >= 4 is 5.82 Å². The molecule has 1 aromatic heterocycles. The first kappa shape index (κ1) is 16.2. The van der Waals surface area contributed by atoms with Gasteiger partial charge in [-0.15, -0.1) is 0 Å². The molecule has 1 fully saturated rings. The summed E-state index contributed by atoms with van der Waals surface area (Å²) >= 11 is 0. The first-order valence-corrected chi connectivity index (χ1v) is 8.54. The number of anilines is 1. The van der Waals surface area contributed by atoms with Crippen LogP contribution in [0.15, 0.2) is 12.4 Å². The van der Waals surface area contributed by atoms with Gasteiger partial charge in [0.1, 0.15) is 12.1 Å². The van der Waals surface area contributed by atoms with E-state index in [0.29, 0.717) is 0 Å². The normalized spacial score (nSPS) is 16.3. The molecule has 2 rings (SSSR count). The van der Waals surface area contributed by atoms with Crippen molar-refractivity contribution in [2.45, 2.75) is 64.3 Å². The Bertz CT molecular complexity index is 402. The molecular weight excluding hydrogens is 260 g/mol. The fourth-order valence-corrected chi connectivity index (χ4v) is 3.14. The molecule has 0 radical (unpaired) electrons. The van der Waals surface area contributed by atoms with Crippen molar-refractivity contribution in [3.05, 3.63) is 18.1 Å². The lowest BCUT2D eigenvalue weighted by Crippen LogP contribution is -2.34. The molecule has 0 aliphatic heterocycles. The van der Waals surface area contributed by atoms with Crippen molar-refractivity contribution in [1.29, 1.82) is 0 Å². The SMILES string of the molecule is CCCc1cc(NCCCN(C)C2CCCCC2)ncn1. The van der Waals surface area contributed by atoms with Gasteiger partial charge in [0.2, 0.25) is 0 Å². The van der Waals surface area contributed by atoms with Crippen molar-refractivity contribution in [2.75, 3.05) is 25.5 Å². The zero-order valence-electron chi connectivity index (χ0n) is 13.6. The molecule has 1 aromatic rings. The minimum atomic E-state index is 0.814. The summed E-state index contributed by atoms with van der Waals surface area (Å²) in [6.45, 7) is 4.33. The fraction of sp³-hybridized carbons (Fsp3) is 0.765. The smallest absolute Gasteiger partial charge is 0.129 e. The number of nitrogens with zero attached hydrogens (tertiary/aromatic N) is 3. The van der Waals surface area contributed by atoms with Crippen LogP contribution < -0.4 is 5.32 Å². The second kappa shape index (κ2) is 8.98. The van der Waals surface area contributed by atoms with Crippen LogP contribution in [0.1, 0.15) is 57.6 Å². The molecule has 1 N–H and O–H groups in total. The molecule has 0 atom stereocenters. The van der Waals surface area contributed by atoms with Crippen LogP contribution in [0.3, 0.4) is 0 Å². The predicted octanol–water partition coefficient (Wildman–Crippen LogP) is 3.50. The average Bonchev–Trinajstić information content (AvgIpc) is 2.53. The van der Waals surface area contributed by atoms with Gasteiger partial charge in [-0.25, -0.2) is 9.97 Å². The molecule has 0 unspecified atom stereocenters. The van der Waals surface area contributed by atoms with E-state index in [1.165, 1.54) is 45.1 Å². The lowest BCUT2D eigenvalue weighted by molar-refractivity contribution is 0.191. The van der Waals surface area contributed by atoms with E-state index in [2.05, 4.69) is 40.2 Å². The van der Waals surface area contributed by atoms with Gasteiger partial charge in [-0.3, -0.25) is 0 Å². The van der Waals surface area contributed by atoms with Crippen LogP contribution in [0.25, 0.3) is 0 Å². The molecule has 4 heteroatoms. The minimum absolute atomic E-state index is 0.814. The van der Waals surface area contributed by atoms with Crippen molar-refractivity contribution in [3.63, 3.8) is 0 Å². The monoisotopic (exact) mass is 290 g/mol. The van der Waals surface area contributed by atoms with Crippen LogP contribution in [-0.2, 0) is 6.42 Å². The fourth-order valence-electron chi connectivity index (χ4n) is 3.14. The highest BCUT2D eigenvalue weighted by Gasteiger charge is 2.17. The third-order valence-electron chi connectivity index (χ3n) is 4.42. The number of aromatic nitrogens is 2. The predicted molar refractivity (Wildman–Crippen MR) is 88.6 cm³/mol. The van der Waals surface area contributed by atoms with E-state index < -0.39 is 0 Å². The molecule has 1 aliphatic rings. The highest BCUT2D eigenvalue weighted by atomic mass is 15.1. The standard InChI is InChI=1S/C17H30N4/c1-3-8-15-13-17(20-14-19-15)18-11-7-12-21(2)16-9-5-4-6-10-16/h13-14,16H,3-12H2,1-2H3,(H,18,19,20). The molecule has 0 amide bonds. The quantitative estimate of drug-likeness (QED) is 0.744. The Labute approximate surface area is 129 Å². The van der Waals surface area contributed by atoms with Gasteiger partial charge in [0.05, 0.1) is 0 Å². The molecule has 0 saturated heterocycles. The van der Waals surface area contributed by atoms with Crippen molar-refractivity contribution in [2.24, 2.45) is 0 Å². The van der Waals surface area contributed by atoms with E-state index in [1.54, 1.807) is 6.33 Å². The molecular formula is C17H30N4. The molecule has 4 nitrogen and oxygen atoms in total. The topological polar surface area (TPSA) is 41.0 Å². The maximum absolute atomic E-state index is 4.29. The number of hydrogen-bond donors (Lipinski definition) is 1. The molecule has 118 valence electrons. The largest absolute Gasteiger partial charge is 0.370 e. The molecule has 21 heavy (non-hydrogen) atoms. The van der Waals surface area contributed by atoms with Gasteiger partial charge in [0.15, 0.2) is 0 Å². The van der Waals surface area contributed by atoms with Gasteiger partial charge >= 0.3 is 0 Å². The summed E-state index contributed by atoms with van der Waals surface area (Å²) < 4.78 is 0. The van der Waals surface area contributed by atoms with Crippen LogP contribution in [0, 0.1) is 0 Å². The van der Waals surface area contributed by atoms with Gasteiger partial charge in [0, 0.05) is 24.3 Å². The van der Waals surface area contributed by atoms with E-state index in [4.69, 9.17) is 0 Å². The number of aryl methyl sites for hydroxylation is 1. The molecule has 0 bridgehead atoms. The van der Waals surface area contributed by atoms with Gasteiger partial charge in [0.25, 0.3) is 0 Å². The van der Waals surface area contributed by atoms with E-state index in [9.17, 15) is 0 Å². The Kier molecular flexibility index (Phi) is 6.93. The Morgan fingerprint density at radius 3 is 2.81 bits per heavy atom. The van der Waals surface area contributed by atoms with Crippen molar-refractivity contribution < 1.29 is 0 Å². The van der Waals surface area contributed by atoms with Gasteiger partial charge < -0.3 is 10.2 Å². The highest BCUT2D eigenvalue weighted by molar-refractivity contribution is 5.34. The summed E-state index contributed by atoms with van der Waals surface area (Å²) in [7, 11) is 2.28. The lowest BCUT2D eigenvalue weighted by atomic mass is 9.94. The molecule has 1 heterocycles. The first-order chi connectivity index (χ1) is 10.3. The summed E-state index contributed by atoms with van der Waals surface area (Å²) in [6, 6.07) is 2.89. The van der Waals surface area contributed by atoms with E-state index in [-0.39, 0.29) is 0 Å². The maximum Gasteiger partial charge on any atom is 0.129 e. The summed E-state index contributed by atoms with van der Waals surface area (Å²) in [5.41, 5.74) is 1.13. The van der Waals surface area contributed by atoms with Gasteiger partial charge in [-0.1, -0.05) is 32.6 Å². The summed E-state index contributed by atoms with van der Waals surface area (Å²) in [4.78, 5) is 11.1. The molecule has 0 aromatic carbocycles. The zero-order valence-corrected chi connectivity index (χ0v) is 13.6. The molecule has 0 spiro atoms. The van der Waals surface area contributed by atoms with Crippen LogP contribution in [-0.4, -0.2) is 41.0 Å². The van der Waals surface area contributed by atoms with Gasteiger partial charge in [-0.05, 0) is 39.3 Å². The summed E-state index contributed by atoms with van der Waals surface area (Å²) in [6.07, 6.45) is 12.0. The Hall–Kier alpha value is -1.16. The summed E-state index contributed by atoms with van der Waals surface area (Å²) in [5, 5.41) is 3.42. The number of hydrogen-bond acceptors (Lipinski definition) is 4. The van der Waals surface area contributed by atoms with Crippen LogP contribution in [0.2, 0.25) is 0 Å². The Morgan fingerprint density at radius 1 is 1.24 bits per heavy atom. The first-order valence-electron chi connectivity index (χ1n) is 8.54. The number of rotatable bonds is 8. The third kappa shape index (κ3) is 5.62. The van der Waals surface area contributed by atoms with E-state index in [0.717, 1.165) is 36.9 Å². The number of nitrogens with one attached hydrogen (secondary N) is 1. The van der Waals surface area contributed by atoms with Crippen LogP contribution in [0.5, 0.6) is 0 Å².